The van der Waals surface area contributed by atoms with Gasteiger partial charge in [0.15, 0.2) is 0 Å². The maximum Gasteiger partial charge on any atom is 0.230 e. The molecule has 0 saturated carbocycles. The monoisotopic (exact) mass is 338 g/mol. The van der Waals surface area contributed by atoms with Gasteiger partial charge in [0.2, 0.25) is 5.91 Å². The molecule has 24 heavy (non-hydrogen) atoms. The molecule has 0 bridgehead atoms. The minimum absolute atomic E-state index is 0.00706. The lowest BCUT2D eigenvalue weighted by Crippen LogP contribution is -2.24. The fourth-order valence-corrected chi connectivity index (χ4v) is 2.90. The number of nitrogens with zero attached hydrogens (tertiary/aromatic N) is 3. The number of carbonyl (C=O) groups excluding carboxylic acids is 1. The normalized spacial score (nSPS) is 10.5. The largest absolute Gasteiger partial charge is 0.351 e. The van der Waals surface area contributed by atoms with Gasteiger partial charge in [-0.3, -0.25) is 14.5 Å². The highest BCUT2D eigenvalue weighted by Gasteiger charge is 2.05. The van der Waals surface area contributed by atoms with Gasteiger partial charge in [0.1, 0.15) is 0 Å². The molecular formula is C18H18N4OS. The highest BCUT2D eigenvalue weighted by Crippen LogP contribution is 2.15. The lowest BCUT2D eigenvalue weighted by molar-refractivity contribution is -0.118. The minimum atomic E-state index is 0.00706. The number of amides is 1. The van der Waals surface area contributed by atoms with Crippen LogP contribution in [0.1, 0.15) is 11.1 Å². The van der Waals surface area contributed by atoms with E-state index in [-0.39, 0.29) is 5.91 Å². The maximum absolute atomic E-state index is 11.9. The van der Waals surface area contributed by atoms with Crippen molar-refractivity contribution in [2.75, 3.05) is 5.75 Å². The van der Waals surface area contributed by atoms with E-state index >= 15 is 0 Å². The zero-order valence-corrected chi connectivity index (χ0v) is 13.9. The Labute approximate surface area is 145 Å². The average molecular weight is 338 g/mol. The Morgan fingerprint density at radius 3 is 2.67 bits per heavy atom. The summed E-state index contributed by atoms with van der Waals surface area (Å²) in [5.74, 6) is 0.398. The van der Waals surface area contributed by atoms with E-state index in [1.807, 2.05) is 41.2 Å². The SMILES string of the molecule is O=C(CSc1ccncc1)NCc1cnn(Cc2ccccc2)c1. The fourth-order valence-electron chi connectivity index (χ4n) is 2.19. The van der Waals surface area contributed by atoms with Gasteiger partial charge in [-0.15, -0.1) is 11.8 Å². The van der Waals surface area contributed by atoms with Crippen molar-refractivity contribution in [2.45, 2.75) is 18.0 Å². The van der Waals surface area contributed by atoms with E-state index in [2.05, 4.69) is 27.5 Å². The Balaban J connectivity index is 1.44. The van der Waals surface area contributed by atoms with Crippen LogP contribution in [0.25, 0.3) is 0 Å². The van der Waals surface area contributed by atoms with Gasteiger partial charge in [0, 0.05) is 35.6 Å². The molecule has 3 aromatic rings. The molecule has 0 radical (unpaired) electrons. The van der Waals surface area contributed by atoms with Crippen LogP contribution < -0.4 is 5.32 Å². The predicted molar refractivity (Wildman–Crippen MR) is 94.6 cm³/mol. The van der Waals surface area contributed by atoms with E-state index in [1.165, 1.54) is 17.3 Å². The number of hydrogen-bond acceptors (Lipinski definition) is 4. The average Bonchev–Trinajstić information content (AvgIpc) is 3.07. The van der Waals surface area contributed by atoms with Crippen LogP contribution in [-0.4, -0.2) is 26.4 Å². The van der Waals surface area contributed by atoms with Crippen LogP contribution in [0.5, 0.6) is 0 Å². The van der Waals surface area contributed by atoms with E-state index in [4.69, 9.17) is 0 Å². The van der Waals surface area contributed by atoms with Crippen molar-refractivity contribution in [1.29, 1.82) is 0 Å². The Bertz CT molecular complexity index is 774. The Morgan fingerprint density at radius 1 is 1.08 bits per heavy atom. The molecular weight excluding hydrogens is 320 g/mol. The van der Waals surface area contributed by atoms with Crippen molar-refractivity contribution in [3.8, 4) is 0 Å². The number of benzene rings is 1. The van der Waals surface area contributed by atoms with Crippen LogP contribution in [0.15, 0.2) is 72.1 Å². The van der Waals surface area contributed by atoms with Crippen molar-refractivity contribution in [3.05, 3.63) is 78.4 Å². The first kappa shape index (κ1) is 16.3. The fraction of sp³-hybridized carbons (Fsp3) is 0.167. The number of hydrogen-bond donors (Lipinski definition) is 1. The van der Waals surface area contributed by atoms with Gasteiger partial charge in [0.05, 0.1) is 18.5 Å². The van der Waals surface area contributed by atoms with Crippen LogP contribution in [0.3, 0.4) is 0 Å². The number of rotatable bonds is 7. The molecule has 0 fully saturated rings. The van der Waals surface area contributed by atoms with Crippen molar-refractivity contribution in [1.82, 2.24) is 20.1 Å². The maximum atomic E-state index is 11.9. The van der Waals surface area contributed by atoms with Gasteiger partial charge in [-0.1, -0.05) is 30.3 Å². The zero-order valence-electron chi connectivity index (χ0n) is 13.1. The molecule has 1 aromatic carbocycles. The third kappa shape index (κ3) is 4.96. The zero-order chi connectivity index (χ0) is 16.6. The van der Waals surface area contributed by atoms with Crippen molar-refractivity contribution >= 4 is 17.7 Å². The summed E-state index contributed by atoms with van der Waals surface area (Å²) < 4.78 is 1.88. The van der Waals surface area contributed by atoms with Crippen molar-refractivity contribution in [2.24, 2.45) is 0 Å². The predicted octanol–water partition coefficient (Wildman–Crippen LogP) is 2.73. The molecule has 3 rings (SSSR count). The van der Waals surface area contributed by atoms with E-state index < -0.39 is 0 Å². The molecule has 0 aliphatic carbocycles. The summed E-state index contributed by atoms with van der Waals surface area (Å²) in [7, 11) is 0. The van der Waals surface area contributed by atoms with E-state index in [0.29, 0.717) is 12.3 Å². The summed E-state index contributed by atoms with van der Waals surface area (Å²) in [6.45, 7) is 1.22. The van der Waals surface area contributed by atoms with Gasteiger partial charge in [-0.25, -0.2) is 0 Å². The Morgan fingerprint density at radius 2 is 1.88 bits per heavy atom. The smallest absolute Gasteiger partial charge is 0.230 e. The van der Waals surface area contributed by atoms with Crippen LogP contribution in [0.2, 0.25) is 0 Å². The second kappa shape index (κ2) is 8.31. The third-order valence-electron chi connectivity index (χ3n) is 3.38. The second-order valence-electron chi connectivity index (χ2n) is 5.28. The molecule has 0 atom stereocenters. The third-order valence-corrected chi connectivity index (χ3v) is 4.40. The van der Waals surface area contributed by atoms with Crippen molar-refractivity contribution < 1.29 is 4.79 Å². The minimum Gasteiger partial charge on any atom is -0.351 e. The standard InChI is InChI=1S/C18H18N4OS/c23-18(14-24-17-6-8-19-9-7-17)20-10-16-11-21-22(13-16)12-15-4-2-1-3-5-15/h1-9,11,13H,10,12,14H2,(H,20,23). The van der Waals surface area contributed by atoms with Crippen molar-refractivity contribution in [3.63, 3.8) is 0 Å². The summed E-state index contributed by atoms with van der Waals surface area (Å²) in [5, 5.41) is 7.25. The molecule has 0 unspecified atom stereocenters. The van der Waals surface area contributed by atoms with Gasteiger partial charge >= 0.3 is 0 Å². The van der Waals surface area contributed by atoms with E-state index in [9.17, 15) is 4.79 Å². The summed E-state index contributed by atoms with van der Waals surface area (Å²) in [6, 6.07) is 14.0. The number of pyridine rings is 1. The van der Waals surface area contributed by atoms with Gasteiger partial charge in [0.25, 0.3) is 0 Å². The van der Waals surface area contributed by atoms with E-state index in [0.717, 1.165) is 17.0 Å². The number of thioether (sulfide) groups is 1. The quantitative estimate of drug-likeness (QED) is 0.673. The molecule has 0 saturated heterocycles. The molecule has 1 amide bonds. The van der Waals surface area contributed by atoms with Crippen LogP contribution in [0.4, 0.5) is 0 Å². The number of aromatic nitrogens is 3. The molecule has 2 heterocycles. The van der Waals surface area contributed by atoms with Crippen LogP contribution in [-0.2, 0) is 17.9 Å². The highest BCUT2D eigenvalue weighted by atomic mass is 32.2. The van der Waals surface area contributed by atoms with Crippen LogP contribution >= 0.6 is 11.8 Å². The molecule has 0 aliphatic rings. The molecule has 122 valence electrons. The summed E-state index contributed by atoms with van der Waals surface area (Å²) in [6.07, 6.45) is 7.20. The van der Waals surface area contributed by atoms with E-state index in [1.54, 1.807) is 18.6 Å². The number of nitrogens with one attached hydrogen (secondary N) is 1. The van der Waals surface area contributed by atoms with Gasteiger partial charge in [-0.05, 0) is 17.7 Å². The summed E-state index contributed by atoms with van der Waals surface area (Å²) >= 11 is 1.50. The van der Waals surface area contributed by atoms with Crippen LogP contribution in [0, 0.1) is 0 Å². The molecule has 0 spiro atoms. The lowest BCUT2D eigenvalue weighted by atomic mass is 10.2. The molecule has 2 aromatic heterocycles. The topological polar surface area (TPSA) is 59.8 Å². The summed E-state index contributed by atoms with van der Waals surface area (Å²) in [4.78, 5) is 16.9. The van der Waals surface area contributed by atoms with Gasteiger partial charge in [-0.2, -0.15) is 5.10 Å². The Hall–Kier alpha value is -2.60. The first-order valence-electron chi connectivity index (χ1n) is 7.64. The first-order valence-corrected chi connectivity index (χ1v) is 8.63. The molecule has 0 aliphatic heterocycles. The second-order valence-corrected chi connectivity index (χ2v) is 6.33. The molecule has 1 N–H and O–H groups in total. The summed E-state index contributed by atoms with van der Waals surface area (Å²) in [5.41, 5.74) is 2.19. The first-order chi connectivity index (χ1) is 11.8. The molecule has 6 heteroatoms. The lowest BCUT2D eigenvalue weighted by Gasteiger charge is -2.04. The number of carbonyl (C=O) groups is 1. The highest BCUT2D eigenvalue weighted by molar-refractivity contribution is 8.00. The van der Waals surface area contributed by atoms with Gasteiger partial charge < -0.3 is 5.32 Å². The molecule has 5 nitrogen and oxygen atoms in total. The Kier molecular flexibility index (Phi) is 5.63.